The predicted molar refractivity (Wildman–Crippen MR) is 111 cm³/mol. The van der Waals surface area contributed by atoms with Crippen LogP contribution in [0.2, 0.25) is 0 Å². The number of carbonyl (C=O) groups is 1. The van der Waals surface area contributed by atoms with Gasteiger partial charge in [-0.1, -0.05) is 30.3 Å². The van der Waals surface area contributed by atoms with Crippen molar-refractivity contribution in [2.45, 2.75) is 38.8 Å². The summed E-state index contributed by atoms with van der Waals surface area (Å²) in [6.45, 7) is 0.850. The summed E-state index contributed by atoms with van der Waals surface area (Å²) in [5, 5.41) is 2.99. The third kappa shape index (κ3) is 5.02. The van der Waals surface area contributed by atoms with Gasteiger partial charge in [0.25, 0.3) is 5.91 Å². The number of fused-ring (bicyclic) bond motifs is 1. The lowest BCUT2D eigenvalue weighted by Gasteiger charge is -2.16. The standard InChI is InChI=1S/C25H24FNO2/c26-23-11-5-19(6-12-23)17-29-24-13-7-18(8-14-24)16-27-25(28)22-10-9-20-3-1-2-4-21(20)15-22/h5-15H,1-4,16-17H2,(H,27,28). The van der Waals surface area contributed by atoms with Crippen LogP contribution in [0.3, 0.4) is 0 Å². The summed E-state index contributed by atoms with van der Waals surface area (Å²) in [6, 6.07) is 20.0. The molecule has 0 fully saturated rings. The number of benzene rings is 3. The van der Waals surface area contributed by atoms with Crippen LogP contribution < -0.4 is 10.1 Å². The minimum Gasteiger partial charge on any atom is -0.489 e. The summed E-state index contributed by atoms with van der Waals surface area (Å²) in [4.78, 5) is 12.5. The van der Waals surface area contributed by atoms with E-state index in [1.54, 1.807) is 12.1 Å². The summed E-state index contributed by atoms with van der Waals surface area (Å²) in [7, 11) is 0. The van der Waals surface area contributed by atoms with Gasteiger partial charge >= 0.3 is 0 Å². The van der Waals surface area contributed by atoms with Gasteiger partial charge in [0.1, 0.15) is 18.2 Å². The van der Waals surface area contributed by atoms with Gasteiger partial charge in [-0.25, -0.2) is 4.39 Å². The Balaban J connectivity index is 1.29. The van der Waals surface area contributed by atoms with Crippen molar-refractivity contribution >= 4 is 5.91 Å². The number of rotatable bonds is 6. The largest absolute Gasteiger partial charge is 0.489 e. The molecular weight excluding hydrogens is 365 g/mol. The van der Waals surface area contributed by atoms with E-state index in [2.05, 4.69) is 11.4 Å². The van der Waals surface area contributed by atoms with Gasteiger partial charge in [0, 0.05) is 12.1 Å². The van der Waals surface area contributed by atoms with Crippen molar-refractivity contribution in [1.82, 2.24) is 5.32 Å². The molecule has 0 aliphatic heterocycles. The molecule has 3 nitrogen and oxygen atoms in total. The van der Waals surface area contributed by atoms with Crippen LogP contribution in [0.1, 0.15) is 45.5 Å². The summed E-state index contributed by atoms with van der Waals surface area (Å²) >= 11 is 0. The number of hydrogen-bond donors (Lipinski definition) is 1. The van der Waals surface area contributed by atoms with E-state index >= 15 is 0 Å². The van der Waals surface area contributed by atoms with Crippen LogP contribution in [0, 0.1) is 5.82 Å². The fourth-order valence-corrected chi connectivity index (χ4v) is 3.61. The summed E-state index contributed by atoms with van der Waals surface area (Å²) in [5.41, 5.74) is 5.33. The maximum Gasteiger partial charge on any atom is 0.251 e. The first-order valence-electron chi connectivity index (χ1n) is 10.0. The van der Waals surface area contributed by atoms with Crippen LogP contribution in [0.4, 0.5) is 4.39 Å². The first-order valence-corrected chi connectivity index (χ1v) is 10.0. The van der Waals surface area contributed by atoms with E-state index in [1.807, 2.05) is 36.4 Å². The molecule has 148 valence electrons. The lowest BCUT2D eigenvalue weighted by molar-refractivity contribution is 0.0951. The Morgan fingerprint density at radius 2 is 1.55 bits per heavy atom. The maximum absolute atomic E-state index is 12.9. The second-order valence-corrected chi connectivity index (χ2v) is 7.43. The predicted octanol–water partition coefficient (Wildman–Crippen LogP) is 5.21. The molecule has 29 heavy (non-hydrogen) atoms. The van der Waals surface area contributed by atoms with E-state index in [0.717, 1.165) is 35.3 Å². The topological polar surface area (TPSA) is 38.3 Å². The highest BCUT2D eigenvalue weighted by atomic mass is 19.1. The molecule has 0 unspecified atom stereocenters. The second kappa shape index (κ2) is 8.91. The van der Waals surface area contributed by atoms with Gasteiger partial charge in [-0.3, -0.25) is 4.79 Å². The minimum atomic E-state index is -0.254. The van der Waals surface area contributed by atoms with Crippen molar-refractivity contribution < 1.29 is 13.9 Å². The van der Waals surface area contributed by atoms with E-state index in [-0.39, 0.29) is 11.7 Å². The van der Waals surface area contributed by atoms with E-state index in [1.165, 1.54) is 36.1 Å². The molecule has 0 aromatic heterocycles. The van der Waals surface area contributed by atoms with E-state index in [9.17, 15) is 9.18 Å². The van der Waals surface area contributed by atoms with Gasteiger partial charge < -0.3 is 10.1 Å². The third-order valence-corrected chi connectivity index (χ3v) is 5.31. The van der Waals surface area contributed by atoms with Crippen molar-refractivity contribution in [2.75, 3.05) is 0 Å². The lowest BCUT2D eigenvalue weighted by Crippen LogP contribution is -2.23. The molecule has 0 heterocycles. The fourth-order valence-electron chi connectivity index (χ4n) is 3.61. The van der Waals surface area contributed by atoms with Gasteiger partial charge in [0.05, 0.1) is 0 Å². The monoisotopic (exact) mass is 389 g/mol. The molecule has 0 saturated heterocycles. The van der Waals surface area contributed by atoms with E-state index < -0.39 is 0 Å². The van der Waals surface area contributed by atoms with Crippen molar-refractivity contribution in [3.05, 3.63) is 100 Å². The van der Waals surface area contributed by atoms with Crippen LogP contribution in [-0.2, 0) is 26.0 Å². The molecule has 0 atom stereocenters. The number of aryl methyl sites for hydroxylation is 2. The van der Waals surface area contributed by atoms with Crippen molar-refractivity contribution in [2.24, 2.45) is 0 Å². The van der Waals surface area contributed by atoms with Crippen LogP contribution in [0.25, 0.3) is 0 Å². The Kier molecular flexibility index (Phi) is 5.89. The third-order valence-electron chi connectivity index (χ3n) is 5.31. The Bertz CT molecular complexity index is 981. The zero-order valence-electron chi connectivity index (χ0n) is 16.3. The Morgan fingerprint density at radius 1 is 0.862 bits per heavy atom. The van der Waals surface area contributed by atoms with Gasteiger partial charge in [0.2, 0.25) is 0 Å². The molecule has 1 amide bonds. The SMILES string of the molecule is O=C(NCc1ccc(OCc2ccc(F)cc2)cc1)c1ccc2c(c1)CCCC2. The number of carbonyl (C=O) groups excluding carboxylic acids is 1. The number of amides is 1. The van der Waals surface area contributed by atoms with E-state index in [4.69, 9.17) is 4.74 Å². The quantitative estimate of drug-likeness (QED) is 0.628. The van der Waals surface area contributed by atoms with Crippen molar-refractivity contribution in [3.63, 3.8) is 0 Å². The molecule has 1 aliphatic rings. The molecule has 0 radical (unpaired) electrons. The zero-order chi connectivity index (χ0) is 20.1. The molecule has 1 aliphatic carbocycles. The first kappa shape index (κ1) is 19.2. The highest BCUT2D eigenvalue weighted by Gasteiger charge is 2.12. The average molecular weight is 389 g/mol. The minimum absolute atomic E-state index is 0.0463. The van der Waals surface area contributed by atoms with Crippen molar-refractivity contribution in [1.29, 1.82) is 0 Å². The van der Waals surface area contributed by atoms with Gasteiger partial charge in [-0.15, -0.1) is 0 Å². The van der Waals surface area contributed by atoms with Gasteiger partial charge in [0.15, 0.2) is 0 Å². The zero-order valence-corrected chi connectivity index (χ0v) is 16.3. The molecular formula is C25H24FNO2. The molecule has 4 heteroatoms. The number of hydrogen-bond acceptors (Lipinski definition) is 2. The van der Waals surface area contributed by atoms with Crippen LogP contribution in [0.5, 0.6) is 5.75 Å². The lowest BCUT2D eigenvalue weighted by atomic mass is 9.90. The number of halogens is 1. The van der Waals surface area contributed by atoms with E-state index in [0.29, 0.717) is 13.2 Å². The summed E-state index contributed by atoms with van der Waals surface area (Å²) in [5.74, 6) is 0.435. The smallest absolute Gasteiger partial charge is 0.251 e. The first-order chi connectivity index (χ1) is 14.2. The maximum atomic E-state index is 12.9. The Hall–Kier alpha value is -3.14. The molecule has 0 spiro atoms. The number of nitrogens with one attached hydrogen (secondary N) is 1. The average Bonchev–Trinajstić information content (AvgIpc) is 2.77. The van der Waals surface area contributed by atoms with Crippen LogP contribution in [-0.4, -0.2) is 5.91 Å². The fraction of sp³-hybridized carbons (Fsp3) is 0.240. The highest BCUT2D eigenvalue weighted by Crippen LogP contribution is 2.22. The molecule has 3 aromatic rings. The van der Waals surface area contributed by atoms with Gasteiger partial charge in [-0.05, 0) is 84.3 Å². The Morgan fingerprint density at radius 3 is 2.31 bits per heavy atom. The van der Waals surface area contributed by atoms with Crippen LogP contribution >= 0.6 is 0 Å². The molecule has 4 rings (SSSR count). The Labute approximate surface area is 170 Å². The number of ether oxygens (including phenoxy) is 1. The summed E-state index contributed by atoms with van der Waals surface area (Å²) in [6.07, 6.45) is 4.62. The molecule has 3 aromatic carbocycles. The summed E-state index contributed by atoms with van der Waals surface area (Å²) < 4.78 is 18.7. The molecule has 0 bridgehead atoms. The second-order valence-electron chi connectivity index (χ2n) is 7.43. The normalized spacial score (nSPS) is 12.9. The molecule has 0 saturated carbocycles. The highest BCUT2D eigenvalue weighted by molar-refractivity contribution is 5.94. The molecule has 1 N–H and O–H groups in total. The van der Waals surface area contributed by atoms with Crippen molar-refractivity contribution in [3.8, 4) is 5.75 Å². The van der Waals surface area contributed by atoms with Gasteiger partial charge in [-0.2, -0.15) is 0 Å². The van der Waals surface area contributed by atoms with Crippen LogP contribution in [0.15, 0.2) is 66.7 Å².